The predicted molar refractivity (Wildman–Crippen MR) is 94.9 cm³/mol. The molecule has 2 atom stereocenters. The van der Waals surface area contributed by atoms with E-state index in [0.717, 1.165) is 5.56 Å². The second-order valence-corrected chi connectivity index (χ2v) is 6.83. The van der Waals surface area contributed by atoms with E-state index < -0.39 is 20.2 Å². The van der Waals surface area contributed by atoms with E-state index in [9.17, 15) is 9.36 Å². The van der Waals surface area contributed by atoms with Gasteiger partial charge in [0.25, 0.3) is 0 Å². The second-order valence-electron chi connectivity index (χ2n) is 4.92. The third-order valence-corrected chi connectivity index (χ3v) is 4.61. The molecule has 128 valence electrons. The van der Waals surface area contributed by atoms with E-state index in [4.69, 9.17) is 32.5 Å². The molecular weight excluding hydrogens is 372 g/mol. The molecule has 0 aromatic heterocycles. The summed E-state index contributed by atoms with van der Waals surface area (Å²) in [7, 11) is -2.73. The predicted octanol–water partition coefficient (Wildman–Crippen LogP) is 4.48. The van der Waals surface area contributed by atoms with Crippen LogP contribution in [0.5, 0.6) is 5.75 Å². The summed E-state index contributed by atoms with van der Waals surface area (Å²) in [6.45, 7) is 1.69. The van der Waals surface area contributed by atoms with E-state index in [1.54, 1.807) is 13.0 Å². The molecule has 0 aliphatic rings. The van der Waals surface area contributed by atoms with Gasteiger partial charge < -0.3 is 9.26 Å². The summed E-state index contributed by atoms with van der Waals surface area (Å²) < 4.78 is 22.4. The molecule has 0 saturated heterocycles. The highest BCUT2D eigenvalue weighted by atomic mass is 35.5. The molecule has 1 N–H and O–H groups in total. The van der Waals surface area contributed by atoms with Gasteiger partial charge in [-0.05, 0) is 30.7 Å². The quantitative estimate of drug-likeness (QED) is 0.560. The minimum absolute atomic E-state index is 0.149. The summed E-state index contributed by atoms with van der Waals surface area (Å²) in [5.41, 5.74) is 0.870. The molecule has 0 amide bonds. The van der Waals surface area contributed by atoms with Crippen molar-refractivity contribution >= 4 is 37.3 Å². The van der Waals surface area contributed by atoms with Crippen molar-refractivity contribution < 1.29 is 18.6 Å². The zero-order valence-electron chi connectivity index (χ0n) is 12.8. The average molecular weight is 388 g/mol. The normalized spacial score (nSPS) is 13.1. The summed E-state index contributed by atoms with van der Waals surface area (Å²) >= 11 is 11.7. The highest BCUT2D eigenvalue weighted by Gasteiger charge is 2.18. The number of esters is 1. The van der Waals surface area contributed by atoms with Gasteiger partial charge in [0.15, 0.2) is 0 Å². The summed E-state index contributed by atoms with van der Waals surface area (Å²) in [5, 5.41) is 3.24. The maximum Gasteiger partial charge on any atom is 0.323 e. The molecular formula is C16H16Cl2NO4P. The molecule has 0 fully saturated rings. The first-order valence-corrected chi connectivity index (χ1v) is 9.17. The lowest BCUT2D eigenvalue weighted by atomic mass is 10.2. The Morgan fingerprint density at radius 2 is 1.92 bits per heavy atom. The van der Waals surface area contributed by atoms with Gasteiger partial charge in [-0.3, -0.25) is 9.36 Å². The first kappa shape index (κ1) is 18.8. The van der Waals surface area contributed by atoms with E-state index in [2.05, 4.69) is 5.09 Å². The number of hydrogen-bond acceptors (Lipinski definition) is 4. The topological polar surface area (TPSA) is 64.6 Å². The van der Waals surface area contributed by atoms with Crippen LogP contribution in [0.2, 0.25) is 10.0 Å². The molecule has 0 aliphatic carbocycles. The molecule has 2 rings (SSSR count). The van der Waals surface area contributed by atoms with Crippen molar-refractivity contribution in [2.45, 2.75) is 19.6 Å². The van der Waals surface area contributed by atoms with Gasteiger partial charge in [0.2, 0.25) is 0 Å². The molecule has 2 aromatic carbocycles. The number of halogens is 2. The van der Waals surface area contributed by atoms with Crippen LogP contribution >= 0.6 is 31.4 Å². The van der Waals surface area contributed by atoms with Crippen LogP contribution in [0.25, 0.3) is 0 Å². The maximum absolute atomic E-state index is 12.0. The molecule has 1 unspecified atom stereocenters. The zero-order valence-corrected chi connectivity index (χ0v) is 15.3. The van der Waals surface area contributed by atoms with Crippen LogP contribution in [0.3, 0.4) is 0 Å². The minimum Gasteiger partial charge on any atom is -0.460 e. The first-order valence-electron chi connectivity index (χ1n) is 7.09. The monoisotopic (exact) mass is 387 g/mol. The van der Waals surface area contributed by atoms with Gasteiger partial charge in [0, 0.05) is 5.02 Å². The van der Waals surface area contributed by atoms with E-state index >= 15 is 0 Å². The lowest BCUT2D eigenvalue weighted by molar-refractivity contribution is -0.146. The highest BCUT2D eigenvalue weighted by Crippen LogP contribution is 2.33. The van der Waals surface area contributed by atoms with Crippen LogP contribution in [0.4, 0.5) is 0 Å². The molecule has 5 nitrogen and oxygen atoms in total. The van der Waals surface area contributed by atoms with Crippen molar-refractivity contribution in [1.82, 2.24) is 5.09 Å². The van der Waals surface area contributed by atoms with E-state index in [1.807, 2.05) is 30.3 Å². The van der Waals surface area contributed by atoms with Crippen LogP contribution in [-0.2, 0) is 20.7 Å². The van der Waals surface area contributed by atoms with Crippen molar-refractivity contribution in [1.29, 1.82) is 0 Å². The van der Waals surface area contributed by atoms with Crippen molar-refractivity contribution in [2.24, 2.45) is 0 Å². The van der Waals surface area contributed by atoms with Crippen molar-refractivity contribution in [3.8, 4) is 5.75 Å². The van der Waals surface area contributed by atoms with Crippen LogP contribution in [0, 0.1) is 0 Å². The Bertz CT molecular complexity index is 727. The Morgan fingerprint density at radius 1 is 1.21 bits per heavy atom. The second kappa shape index (κ2) is 9.09. The van der Waals surface area contributed by atoms with E-state index in [1.165, 1.54) is 12.1 Å². The SMILES string of the molecule is C[C@H](N[PH](=O)Oc1ccc(Cl)cc1Cl)C(=O)OCc1ccccc1. The third kappa shape index (κ3) is 5.84. The molecule has 24 heavy (non-hydrogen) atoms. The highest BCUT2D eigenvalue weighted by molar-refractivity contribution is 7.37. The smallest absolute Gasteiger partial charge is 0.323 e. The Kier molecular flexibility index (Phi) is 7.13. The number of benzene rings is 2. The molecule has 0 aliphatic heterocycles. The largest absolute Gasteiger partial charge is 0.460 e. The number of carbonyl (C=O) groups excluding carboxylic acids is 1. The van der Waals surface area contributed by atoms with E-state index in [-0.39, 0.29) is 17.4 Å². The van der Waals surface area contributed by atoms with Gasteiger partial charge >= 0.3 is 14.1 Å². The lowest BCUT2D eigenvalue weighted by Gasteiger charge is -2.14. The third-order valence-electron chi connectivity index (χ3n) is 3.01. The van der Waals surface area contributed by atoms with Crippen molar-refractivity contribution in [2.75, 3.05) is 0 Å². The number of rotatable bonds is 7. The van der Waals surface area contributed by atoms with E-state index in [0.29, 0.717) is 5.02 Å². The lowest BCUT2D eigenvalue weighted by Crippen LogP contribution is -2.31. The van der Waals surface area contributed by atoms with Crippen LogP contribution in [0.15, 0.2) is 48.5 Å². The van der Waals surface area contributed by atoms with Gasteiger partial charge in [0.05, 0.1) is 5.02 Å². The van der Waals surface area contributed by atoms with Crippen LogP contribution in [0.1, 0.15) is 12.5 Å². The molecule has 8 heteroatoms. The molecule has 0 heterocycles. The standard InChI is InChI=1S/C16H16Cl2NO4P/c1-11(16(20)22-10-12-5-3-2-4-6-12)19-24(21)23-15-8-7-13(17)9-14(15)18/h2-9,11,24H,10H2,1H3,(H,19,21)/t11-/m0/s1. The molecule has 0 radical (unpaired) electrons. The van der Waals surface area contributed by atoms with Crippen LogP contribution in [-0.4, -0.2) is 12.0 Å². The average Bonchev–Trinajstić information content (AvgIpc) is 2.56. The van der Waals surface area contributed by atoms with Crippen molar-refractivity contribution in [3.05, 3.63) is 64.1 Å². The fourth-order valence-electron chi connectivity index (χ4n) is 1.78. The minimum atomic E-state index is -2.73. The summed E-state index contributed by atoms with van der Waals surface area (Å²) in [4.78, 5) is 11.9. The first-order chi connectivity index (χ1) is 11.5. The summed E-state index contributed by atoms with van der Waals surface area (Å²) in [5.74, 6) is -0.301. The van der Waals surface area contributed by atoms with Gasteiger partial charge in [-0.15, -0.1) is 0 Å². The Labute approximate surface area is 150 Å². The number of nitrogens with one attached hydrogen (secondary N) is 1. The van der Waals surface area contributed by atoms with Crippen LogP contribution < -0.4 is 9.61 Å². The van der Waals surface area contributed by atoms with Gasteiger partial charge in [-0.2, -0.15) is 0 Å². The molecule has 2 aromatic rings. The zero-order chi connectivity index (χ0) is 17.5. The molecule has 0 saturated carbocycles. The summed E-state index contributed by atoms with van der Waals surface area (Å²) in [6, 6.07) is 13.0. The molecule has 0 bridgehead atoms. The van der Waals surface area contributed by atoms with Gasteiger partial charge in [-0.1, -0.05) is 53.5 Å². The fourth-order valence-corrected chi connectivity index (χ4v) is 3.20. The van der Waals surface area contributed by atoms with Gasteiger partial charge in [-0.25, -0.2) is 5.09 Å². The number of ether oxygens (including phenoxy) is 1. The van der Waals surface area contributed by atoms with Crippen molar-refractivity contribution in [3.63, 3.8) is 0 Å². The summed E-state index contributed by atoms with van der Waals surface area (Å²) in [6.07, 6.45) is 0. The Morgan fingerprint density at radius 3 is 2.58 bits per heavy atom. The van der Waals surface area contributed by atoms with Gasteiger partial charge in [0.1, 0.15) is 18.4 Å². The Balaban J connectivity index is 1.83. The molecule has 0 spiro atoms. The number of carbonyl (C=O) groups is 1. The maximum atomic E-state index is 12.0. The Hall–Kier alpha value is -1.52. The number of hydrogen-bond donors (Lipinski definition) is 1. The fraction of sp³-hybridized carbons (Fsp3) is 0.188.